The molecule has 0 saturated carbocycles. The number of carbonyl (C=O) groups is 2. The minimum Gasteiger partial charge on any atom is -0.494 e. The Morgan fingerprint density at radius 2 is 1.71 bits per heavy atom. The van der Waals surface area contributed by atoms with Crippen molar-refractivity contribution in [3.8, 4) is 5.75 Å². The van der Waals surface area contributed by atoms with Crippen molar-refractivity contribution in [1.29, 1.82) is 0 Å². The molecule has 0 saturated heterocycles. The van der Waals surface area contributed by atoms with E-state index in [1.54, 1.807) is 24.3 Å². The van der Waals surface area contributed by atoms with Gasteiger partial charge in [-0.25, -0.2) is 0 Å². The monoisotopic (exact) mass is 382 g/mol. The molecule has 2 aromatic rings. The standard InChI is InChI=1S/C23H30N2O3/c1-17-8-7-9-20(16-17)28-15-6-5-10-21(26)24-19-13-11-18(12-14-19)22(27)25-23(2,3)4/h7-9,11-14,16H,5-6,10,15H2,1-4H3,(H,24,26)(H,25,27). The smallest absolute Gasteiger partial charge is 0.251 e. The van der Waals surface area contributed by atoms with Crippen LogP contribution >= 0.6 is 0 Å². The number of rotatable bonds is 8. The number of ether oxygens (including phenoxy) is 1. The van der Waals surface area contributed by atoms with Crippen molar-refractivity contribution in [3.05, 3.63) is 59.7 Å². The van der Waals surface area contributed by atoms with E-state index in [9.17, 15) is 9.59 Å². The molecule has 150 valence electrons. The number of unbranched alkanes of at least 4 members (excludes halogenated alkanes) is 1. The van der Waals surface area contributed by atoms with Crippen LogP contribution in [0.2, 0.25) is 0 Å². The second-order valence-corrected chi connectivity index (χ2v) is 7.95. The molecule has 0 bridgehead atoms. The van der Waals surface area contributed by atoms with E-state index in [2.05, 4.69) is 10.6 Å². The summed E-state index contributed by atoms with van der Waals surface area (Å²) >= 11 is 0. The van der Waals surface area contributed by atoms with E-state index in [1.165, 1.54) is 5.56 Å². The number of amides is 2. The molecular weight excluding hydrogens is 352 g/mol. The maximum Gasteiger partial charge on any atom is 0.251 e. The van der Waals surface area contributed by atoms with Gasteiger partial charge in [-0.15, -0.1) is 0 Å². The maximum absolute atomic E-state index is 12.1. The average molecular weight is 383 g/mol. The minimum absolute atomic E-state index is 0.0394. The van der Waals surface area contributed by atoms with E-state index in [0.717, 1.165) is 18.6 Å². The molecule has 0 aliphatic rings. The van der Waals surface area contributed by atoms with E-state index in [0.29, 0.717) is 24.3 Å². The quantitative estimate of drug-likeness (QED) is 0.650. The van der Waals surface area contributed by atoms with Gasteiger partial charge in [0.05, 0.1) is 6.61 Å². The fraction of sp³-hybridized carbons (Fsp3) is 0.391. The van der Waals surface area contributed by atoms with Gasteiger partial charge in [0.15, 0.2) is 0 Å². The lowest BCUT2D eigenvalue weighted by molar-refractivity contribution is -0.116. The predicted molar refractivity (Wildman–Crippen MR) is 113 cm³/mol. The highest BCUT2D eigenvalue weighted by Gasteiger charge is 2.15. The Balaban J connectivity index is 1.69. The van der Waals surface area contributed by atoms with Crippen LogP contribution in [0.3, 0.4) is 0 Å². The maximum atomic E-state index is 12.1. The zero-order valence-corrected chi connectivity index (χ0v) is 17.2. The molecule has 0 fully saturated rings. The number of benzene rings is 2. The number of hydrogen-bond acceptors (Lipinski definition) is 3. The van der Waals surface area contributed by atoms with Crippen molar-refractivity contribution >= 4 is 17.5 Å². The van der Waals surface area contributed by atoms with Crippen LogP contribution in [0.25, 0.3) is 0 Å². The predicted octanol–water partition coefficient (Wildman–Crippen LogP) is 4.71. The number of anilines is 1. The highest BCUT2D eigenvalue weighted by Crippen LogP contribution is 2.14. The summed E-state index contributed by atoms with van der Waals surface area (Å²) in [5, 5.41) is 5.77. The molecule has 2 N–H and O–H groups in total. The second kappa shape index (κ2) is 9.93. The molecule has 2 aromatic carbocycles. The van der Waals surface area contributed by atoms with Crippen LogP contribution in [0.1, 0.15) is 56.0 Å². The van der Waals surface area contributed by atoms with Gasteiger partial charge < -0.3 is 15.4 Å². The van der Waals surface area contributed by atoms with E-state index in [-0.39, 0.29) is 17.4 Å². The van der Waals surface area contributed by atoms with Crippen molar-refractivity contribution < 1.29 is 14.3 Å². The van der Waals surface area contributed by atoms with E-state index >= 15 is 0 Å². The van der Waals surface area contributed by atoms with Gasteiger partial charge >= 0.3 is 0 Å². The molecule has 5 nitrogen and oxygen atoms in total. The Hall–Kier alpha value is -2.82. The lowest BCUT2D eigenvalue weighted by atomic mass is 10.1. The summed E-state index contributed by atoms with van der Waals surface area (Å²) in [6.45, 7) is 8.43. The summed E-state index contributed by atoms with van der Waals surface area (Å²) in [6, 6.07) is 14.9. The van der Waals surface area contributed by atoms with Gasteiger partial charge in [0.2, 0.25) is 5.91 Å². The van der Waals surface area contributed by atoms with Crippen molar-refractivity contribution in [1.82, 2.24) is 5.32 Å². The van der Waals surface area contributed by atoms with Crippen molar-refractivity contribution in [3.63, 3.8) is 0 Å². The fourth-order valence-electron chi connectivity index (χ4n) is 2.62. The first-order chi connectivity index (χ1) is 13.2. The van der Waals surface area contributed by atoms with Gasteiger partial charge in [-0.2, -0.15) is 0 Å². The molecule has 0 unspecified atom stereocenters. The van der Waals surface area contributed by atoms with Crippen LogP contribution in [0.4, 0.5) is 5.69 Å². The van der Waals surface area contributed by atoms with E-state index < -0.39 is 0 Å². The summed E-state index contributed by atoms with van der Waals surface area (Å²) in [4.78, 5) is 24.2. The zero-order valence-electron chi connectivity index (χ0n) is 17.2. The summed E-state index contributed by atoms with van der Waals surface area (Å²) in [5.41, 5.74) is 2.14. The third kappa shape index (κ3) is 7.82. The van der Waals surface area contributed by atoms with Crippen LogP contribution < -0.4 is 15.4 Å². The van der Waals surface area contributed by atoms with Crippen LogP contribution in [0.15, 0.2) is 48.5 Å². The largest absolute Gasteiger partial charge is 0.494 e. The lowest BCUT2D eigenvalue weighted by Crippen LogP contribution is -2.40. The van der Waals surface area contributed by atoms with Crippen LogP contribution in [0.5, 0.6) is 5.75 Å². The molecule has 0 aliphatic carbocycles. The van der Waals surface area contributed by atoms with Crippen LogP contribution in [0, 0.1) is 6.92 Å². The van der Waals surface area contributed by atoms with Gasteiger partial charge in [0.1, 0.15) is 5.75 Å². The Labute approximate surface area is 167 Å². The van der Waals surface area contributed by atoms with E-state index in [4.69, 9.17) is 4.74 Å². The summed E-state index contributed by atoms with van der Waals surface area (Å²) in [6.07, 6.45) is 2.00. The summed E-state index contributed by atoms with van der Waals surface area (Å²) in [5.74, 6) is 0.696. The highest BCUT2D eigenvalue weighted by atomic mass is 16.5. The highest BCUT2D eigenvalue weighted by molar-refractivity contribution is 5.96. The molecule has 2 rings (SSSR count). The molecule has 5 heteroatoms. The molecule has 0 aromatic heterocycles. The number of carbonyl (C=O) groups excluding carboxylic acids is 2. The Kier molecular flexibility index (Phi) is 7.61. The molecular formula is C23H30N2O3. The first-order valence-corrected chi connectivity index (χ1v) is 9.65. The van der Waals surface area contributed by atoms with E-state index in [1.807, 2.05) is 52.0 Å². The Morgan fingerprint density at radius 1 is 1.00 bits per heavy atom. The van der Waals surface area contributed by atoms with Crippen molar-refractivity contribution in [2.24, 2.45) is 0 Å². The van der Waals surface area contributed by atoms with Crippen LogP contribution in [-0.2, 0) is 4.79 Å². The number of aryl methyl sites for hydroxylation is 1. The molecule has 0 atom stereocenters. The van der Waals surface area contributed by atoms with Crippen molar-refractivity contribution in [2.45, 2.75) is 52.5 Å². The SMILES string of the molecule is Cc1cccc(OCCCCC(=O)Nc2ccc(C(=O)NC(C)(C)C)cc2)c1. The molecule has 0 radical (unpaired) electrons. The van der Waals surface area contributed by atoms with Crippen LogP contribution in [-0.4, -0.2) is 24.0 Å². The number of nitrogens with one attached hydrogen (secondary N) is 2. The Morgan fingerprint density at radius 3 is 2.36 bits per heavy atom. The molecule has 28 heavy (non-hydrogen) atoms. The zero-order chi connectivity index (χ0) is 20.6. The third-order valence-electron chi connectivity index (χ3n) is 3.98. The van der Waals surface area contributed by atoms with Crippen molar-refractivity contribution in [2.75, 3.05) is 11.9 Å². The lowest BCUT2D eigenvalue weighted by Gasteiger charge is -2.20. The molecule has 0 heterocycles. The summed E-state index contributed by atoms with van der Waals surface area (Å²) < 4.78 is 5.69. The minimum atomic E-state index is -0.285. The number of hydrogen-bond donors (Lipinski definition) is 2. The van der Waals surface area contributed by atoms with Gasteiger partial charge in [0.25, 0.3) is 5.91 Å². The third-order valence-corrected chi connectivity index (χ3v) is 3.98. The normalized spacial score (nSPS) is 11.0. The molecule has 0 spiro atoms. The van der Waals surface area contributed by atoms with Gasteiger partial charge in [0, 0.05) is 23.2 Å². The fourth-order valence-corrected chi connectivity index (χ4v) is 2.62. The average Bonchev–Trinajstić information content (AvgIpc) is 2.60. The molecule has 0 aliphatic heterocycles. The first kappa shape index (κ1) is 21.5. The first-order valence-electron chi connectivity index (χ1n) is 9.65. The topological polar surface area (TPSA) is 67.4 Å². The second-order valence-electron chi connectivity index (χ2n) is 7.95. The Bertz CT molecular complexity index is 792. The summed E-state index contributed by atoms with van der Waals surface area (Å²) in [7, 11) is 0. The van der Waals surface area contributed by atoms with Gasteiger partial charge in [-0.1, -0.05) is 12.1 Å². The molecule has 2 amide bonds. The van der Waals surface area contributed by atoms with Gasteiger partial charge in [-0.05, 0) is 82.5 Å². The van der Waals surface area contributed by atoms with Gasteiger partial charge in [-0.3, -0.25) is 9.59 Å².